The van der Waals surface area contributed by atoms with Gasteiger partial charge in [-0.25, -0.2) is 4.39 Å². The summed E-state index contributed by atoms with van der Waals surface area (Å²) in [4.78, 5) is 28.3. The minimum Gasteiger partial charge on any atom is -0.354 e. The predicted octanol–water partition coefficient (Wildman–Crippen LogP) is 6.08. The Morgan fingerprint density at radius 3 is 2.45 bits per heavy atom. The molecular weight excluding hydrogens is 435 g/mol. The fraction of sp³-hybridized carbons (Fsp3) is 0.481. The molecular formula is C27H35FN2O2S. The SMILES string of the molecule is CCCCCCNC(=O)C1CSC(c2cccc(F)c2)N1C(=O)c1ccc(C(C)(C)C)cc1. The van der Waals surface area contributed by atoms with Crippen LogP contribution >= 0.6 is 11.8 Å². The van der Waals surface area contributed by atoms with Crippen LogP contribution in [0.1, 0.15) is 80.2 Å². The molecule has 0 aromatic heterocycles. The highest BCUT2D eigenvalue weighted by Gasteiger charge is 2.42. The maximum absolute atomic E-state index is 14.0. The number of benzene rings is 2. The maximum atomic E-state index is 14.0. The molecule has 1 heterocycles. The third-order valence-electron chi connectivity index (χ3n) is 6.00. The summed E-state index contributed by atoms with van der Waals surface area (Å²) in [6.07, 6.45) is 4.28. The molecule has 0 spiro atoms. The number of halogens is 1. The van der Waals surface area contributed by atoms with E-state index < -0.39 is 11.4 Å². The number of carbonyl (C=O) groups excluding carboxylic acids is 2. The smallest absolute Gasteiger partial charge is 0.255 e. The van der Waals surface area contributed by atoms with Crippen molar-refractivity contribution in [1.82, 2.24) is 10.2 Å². The molecule has 178 valence electrons. The van der Waals surface area contributed by atoms with Crippen molar-refractivity contribution in [3.8, 4) is 0 Å². The molecule has 2 atom stereocenters. The van der Waals surface area contributed by atoms with Crippen molar-refractivity contribution in [2.75, 3.05) is 12.3 Å². The van der Waals surface area contributed by atoms with Crippen molar-refractivity contribution in [3.63, 3.8) is 0 Å². The molecule has 1 aliphatic rings. The van der Waals surface area contributed by atoms with Crippen LogP contribution in [-0.2, 0) is 10.2 Å². The number of nitrogens with zero attached hydrogens (tertiary/aromatic N) is 1. The minimum absolute atomic E-state index is 0.0185. The van der Waals surface area contributed by atoms with Gasteiger partial charge >= 0.3 is 0 Å². The number of hydrogen-bond donors (Lipinski definition) is 1. The van der Waals surface area contributed by atoms with Crippen molar-refractivity contribution < 1.29 is 14.0 Å². The second kappa shape index (κ2) is 11.2. The van der Waals surface area contributed by atoms with Gasteiger partial charge in [0.1, 0.15) is 17.2 Å². The van der Waals surface area contributed by atoms with Crippen LogP contribution in [0.4, 0.5) is 4.39 Å². The highest BCUT2D eigenvalue weighted by molar-refractivity contribution is 7.99. The van der Waals surface area contributed by atoms with E-state index in [2.05, 4.69) is 33.0 Å². The summed E-state index contributed by atoms with van der Waals surface area (Å²) in [6, 6.07) is 13.3. The van der Waals surface area contributed by atoms with E-state index in [-0.39, 0.29) is 23.0 Å². The van der Waals surface area contributed by atoms with Gasteiger partial charge in [-0.05, 0) is 47.2 Å². The summed E-state index contributed by atoms with van der Waals surface area (Å²) >= 11 is 1.50. The summed E-state index contributed by atoms with van der Waals surface area (Å²) in [7, 11) is 0. The summed E-state index contributed by atoms with van der Waals surface area (Å²) in [5.74, 6) is -0.217. The molecule has 2 aromatic carbocycles. The molecule has 1 N–H and O–H groups in total. The zero-order valence-corrected chi connectivity index (χ0v) is 20.9. The van der Waals surface area contributed by atoms with Crippen molar-refractivity contribution in [3.05, 3.63) is 71.0 Å². The molecule has 4 nitrogen and oxygen atoms in total. The molecule has 2 amide bonds. The molecule has 0 saturated carbocycles. The number of nitrogens with one attached hydrogen (secondary N) is 1. The average Bonchev–Trinajstić information content (AvgIpc) is 3.23. The van der Waals surface area contributed by atoms with Crippen molar-refractivity contribution in [1.29, 1.82) is 0 Å². The zero-order chi connectivity index (χ0) is 24.0. The van der Waals surface area contributed by atoms with Gasteiger partial charge in [-0.3, -0.25) is 9.59 Å². The van der Waals surface area contributed by atoms with Crippen molar-refractivity contribution >= 4 is 23.6 Å². The van der Waals surface area contributed by atoms with Gasteiger partial charge in [-0.15, -0.1) is 11.8 Å². The van der Waals surface area contributed by atoms with Crippen molar-refractivity contribution in [2.45, 2.75) is 70.2 Å². The first-order valence-corrected chi connectivity index (χ1v) is 12.8. The first-order valence-electron chi connectivity index (χ1n) is 11.8. The summed E-state index contributed by atoms with van der Waals surface area (Å²) in [6.45, 7) is 9.14. The third kappa shape index (κ3) is 6.38. The molecule has 2 unspecified atom stereocenters. The molecule has 33 heavy (non-hydrogen) atoms. The Balaban J connectivity index is 1.84. The third-order valence-corrected chi connectivity index (χ3v) is 7.32. The molecule has 0 aliphatic carbocycles. The van der Waals surface area contributed by atoms with Gasteiger partial charge in [-0.1, -0.05) is 71.2 Å². The van der Waals surface area contributed by atoms with E-state index in [1.54, 1.807) is 11.0 Å². The standard InChI is InChI=1S/C27H35FN2O2S/c1-5-6-7-8-16-29-24(31)23-18-33-26(20-10-9-11-22(28)17-20)30(23)25(32)19-12-14-21(15-13-19)27(2,3)4/h9-15,17,23,26H,5-8,16,18H2,1-4H3,(H,29,31). The molecule has 1 saturated heterocycles. The van der Waals surface area contributed by atoms with Gasteiger partial charge in [0.05, 0.1) is 0 Å². The van der Waals surface area contributed by atoms with Crippen LogP contribution in [0.3, 0.4) is 0 Å². The molecule has 1 fully saturated rings. The van der Waals surface area contributed by atoms with Crippen LogP contribution in [0, 0.1) is 5.82 Å². The summed E-state index contributed by atoms with van der Waals surface area (Å²) < 4.78 is 14.0. The van der Waals surface area contributed by atoms with Crippen LogP contribution in [0.15, 0.2) is 48.5 Å². The van der Waals surface area contributed by atoms with E-state index >= 15 is 0 Å². The lowest BCUT2D eigenvalue weighted by atomic mass is 9.86. The van der Waals surface area contributed by atoms with Crippen LogP contribution in [0.5, 0.6) is 0 Å². The van der Waals surface area contributed by atoms with Gasteiger partial charge in [0.2, 0.25) is 5.91 Å². The second-order valence-corrected chi connectivity index (χ2v) is 10.8. The number of unbranched alkanes of at least 4 members (excludes halogenated alkanes) is 3. The first-order chi connectivity index (χ1) is 15.7. The summed E-state index contributed by atoms with van der Waals surface area (Å²) in [5, 5.41) is 2.60. The van der Waals surface area contributed by atoms with Gasteiger partial charge in [0.15, 0.2) is 0 Å². The Bertz CT molecular complexity index is 955. The largest absolute Gasteiger partial charge is 0.354 e. The topological polar surface area (TPSA) is 49.4 Å². The quantitative estimate of drug-likeness (QED) is 0.476. The molecule has 0 bridgehead atoms. The second-order valence-electron chi connectivity index (χ2n) is 9.65. The highest BCUT2D eigenvalue weighted by Crippen LogP contribution is 2.42. The molecule has 1 aliphatic heterocycles. The van der Waals surface area contributed by atoms with Crippen LogP contribution in [-0.4, -0.2) is 35.1 Å². The highest BCUT2D eigenvalue weighted by atomic mass is 32.2. The number of thioether (sulfide) groups is 1. The van der Waals surface area contributed by atoms with Crippen LogP contribution in [0.25, 0.3) is 0 Å². The van der Waals surface area contributed by atoms with Gasteiger partial charge in [0.25, 0.3) is 5.91 Å². The van der Waals surface area contributed by atoms with E-state index in [0.29, 0.717) is 23.4 Å². The maximum Gasteiger partial charge on any atom is 0.255 e. The van der Waals surface area contributed by atoms with Gasteiger partial charge in [-0.2, -0.15) is 0 Å². The molecule has 0 radical (unpaired) electrons. The van der Waals surface area contributed by atoms with E-state index in [4.69, 9.17) is 0 Å². The van der Waals surface area contributed by atoms with Crippen molar-refractivity contribution in [2.24, 2.45) is 0 Å². The lowest BCUT2D eigenvalue weighted by Gasteiger charge is -2.29. The Morgan fingerprint density at radius 2 is 1.82 bits per heavy atom. The fourth-order valence-electron chi connectivity index (χ4n) is 4.02. The first kappa shape index (κ1) is 25.3. The van der Waals surface area contributed by atoms with E-state index in [9.17, 15) is 14.0 Å². The predicted molar refractivity (Wildman–Crippen MR) is 134 cm³/mol. The summed E-state index contributed by atoms with van der Waals surface area (Å²) in [5.41, 5.74) is 2.35. The lowest BCUT2D eigenvalue weighted by Crippen LogP contribution is -2.48. The average molecular weight is 471 g/mol. The van der Waals surface area contributed by atoms with E-state index in [1.165, 1.54) is 23.9 Å². The normalized spacial score (nSPS) is 18.4. The number of rotatable bonds is 8. The van der Waals surface area contributed by atoms with Gasteiger partial charge in [0, 0.05) is 17.9 Å². The van der Waals surface area contributed by atoms with E-state index in [1.807, 2.05) is 30.3 Å². The lowest BCUT2D eigenvalue weighted by molar-refractivity contribution is -0.124. The monoisotopic (exact) mass is 470 g/mol. The van der Waals surface area contributed by atoms with Gasteiger partial charge < -0.3 is 10.2 Å². The minimum atomic E-state index is -0.593. The molecule has 6 heteroatoms. The van der Waals surface area contributed by atoms with Crippen LogP contribution < -0.4 is 5.32 Å². The Hall–Kier alpha value is -2.34. The number of hydrogen-bond acceptors (Lipinski definition) is 3. The number of carbonyl (C=O) groups is 2. The van der Waals surface area contributed by atoms with Crippen LogP contribution in [0.2, 0.25) is 0 Å². The molecule has 3 rings (SSSR count). The zero-order valence-electron chi connectivity index (χ0n) is 20.1. The Labute approximate surface area is 201 Å². The Kier molecular flexibility index (Phi) is 8.57. The Morgan fingerprint density at radius 1 is 1.09 bits per heavy atom. The molecule has 2 aromatic rings. The number of amides is 2. The van der Waals surface area contributed by atoms with E-state index in [0.717, 1.165) is 31.2 Å². The fourth-order valence-corrected chi connectivity index (χ4v) is 5.44.